The van der Waals surface area contributed by atoms with Crippen molar-refractivity contribution in [3.05, 3.63) is 34.4 Å². The van der Waals surface area contributed by atoms with Gasteiger partial charge in [-0.3, -0.25) is 10.1 Å². The van der Waals surface area contributed by atoms with E-state index in [0.717, 1.165) is 25.7 Å². The van der Waals surface area contributed by atoms with Crippen LogP contribution in [-0.4, -0.2) is 28.1 Å². The molecule has 21 heavy (non-hydrogen) atoms. The Morgan fingerprint density at radius 2 is 2.00 bits per heavy atom. The Balaban J connectivity index is 2.04. The van der Waals surface area contributed by atoms with Gasteiger partial charge in [-0.1, -0.05) is 25.0 Å². The summed E-state index contributed by atoms with van der Waals surface area (Å²) < 4.78 is 0. The minimum absolute atomic E-state index is 0.00465. The third kappa shape index (κ3) is 2.34. The molecule has 1 aromatic rings. The van der Waals surface area contributed by atoms with Crippen molar-refractivity contribution in [2.24, 2.45) is 5.92 Å². The standard InChI is InChI=1S/C15H18N2O4/c18-15(19)14-9-10-5-1-2-6-11(10)16(14)12-7-3-4-8-13(12)17(20)21/h3-4,7-8,10-11,14H,1-2,5-6,9H2,(H,18,19). The quantitative estimate of drug-likeness (QED) is 0.683. The maximum Gasteiger partial charge on any atom is 0.326 e. The number of nitro benzene ring substituents is 1. The molecular weight excluding hydrogens is 272 g/mol. The van der Waals surface area contributed by atoms with Crippen LogP contribution >= 0.6 is 0 Å². The molecule has 2 aliphatic rings. The van der Waals surface area contributed by atoms with Gasteiger partial charge in [0.15, 0.2) is 0 Å². The lowest BCUT2D eigenvalue weighted by Gasteiger charge is -2.34. The van der Waals surface area contributed by atoms with Crippen molar-refractivity contribution in [2.45, 2.75) is 44.2 Å². The minimum Gasteiger partial charge on any atom is -0.480 e. The van der Waals surface area contributed by atoms with Gasteiger partial charge in [0.25, 0.3) is 5.69 Å². The summed E-state index contributed by atoms with van der Waals surface area (Å²) in [6, 6.07) is 5.93. The van der Waals surface area contributed by atoms with Gasteiger partial charge in [0.1, 0.15) is 11.7 Å². The number of para-hydroxylation sites is 2. The summed E-state index contributed by atoms with van der Waals surface area (Å²) in [6.45, 7) is 0. The van der Waals surface area contributed by atoms with Crippen LogP contribution in [0.3, 0.4) is 0 Å². The van der Waals surface area contributed by atoms with Crippen LogP contribution in [0, 0.1) is 16.0 Å². The lowest BCUT2D eigenvalue weighted by Crippen LogP contribution is -2.42. The van der Waals surface area contributed by atoms with Crippen molar-refractivity contribution < 1.29 is 14.8 Å². The first-order chi connectivity index (χ1) is 10.1. The van der Waals surface area contributed by atoms with Crippen molar-refractivity contribution in [1.29, 1.82) is 0 Å². The zero-order valence-corrected chi connectivity index (χ0v) is 11.6. The highest BCUT2D eigenvalue weighted by molar-refractivity contribution is 5.81. The maximum absolute atomic E-state index is 11.6. The minimum atomic E-state index is -0.887. The SMILES string of the molecule is O=C(O)C1CC2CCCCC2N1c1ccccc1[N+](=O)[O-]. The largest absolute Gasteiger partial charge is 0.480 e. The van der Waals surface area contributed by atoms with Gasteiger partial charge in [-0.2, -0.15) is 0 Å². The smallest absolute Gasteiger partial charge is 0.326 e. The number of aliphatic carboxylic acids is 1. The Labute approximate surface area is 122 Å². The summed E-state index contributed by atoms with van der Waals surface area (Å²) >= 11 is 0. The van der Waals surface area contributed by atoms with Gasteiger partial charge >= 0.3 is 5.97 Å². The Morgan fingerprint density at radius 3 is 2.71 bits per heavy atom. The first kappa shape index (κ1) is 13.9. The Kier molecular flexibility index (Phi) is 3.53. The molecule has 0 aromatic heterocycles. The van der Waals surface area contributed by atoms with E-state index in [9.17, 15) is 20.0 Å². The van der Waals surface area contributed by atoms with Crippen molar-refractivity contribution in [3.63, 3.8) is 0 Å². The molecule has 1 aliphatic carbocycles. The molecular formula is C15H18N2O4. The van der Waals surface area contributed by atoms with Gasteiger partial charge < -0.3 is 10.0 Å². The van der Waals surface area contributed by atoms with Gasteiger partial charge in [-0.25, -0.2) is 4.79 Å². The van der Waals surface area contributed by atoms with Gasteiger partial charge in [-0.15, -0.1) is 0 Å². The first-order valence-corrected chi connectivity index (χ1v) is 7.34. The monoisotopic (exact) mass is 290 g/mol. The molecule has 1 N–H and O–H groups in total. The van der Waals surface area contributed by atoms with E-state index in [1.165, 1.54) is 6.07 Å². The number of hydrogen-bond donors (Lipinski definition) is 1. The number of rotatable bonds is 3. The number of carbonyl (C=O) groups is 1. The zero-order valence-electron chi connectivity index (χ0n) is 11.6. The second kappa shape index (κ2) is 5.35. The van der Waals surface area contributed by atoms with Gasteiger partial charge in [0.05, 0.1) is 4.92 Å². The second-order valence-corrected chi connectivity index (χ2v) is 5.85. The maximum atomic E-state index is 11.6. The highest BCUT2D eigenvalue weighted by Crippen LogP contribution is 2.44. The molecule has 112 valence electrons. The number of nitrogens with zero attached hydrogens (tertiary/aromatic N) is 2. The highest BCUT2D eigenvalue weighted by Gasteiger charge is 2.46. The Morgan fingerprint density at radius 1 is 1.29 bits per heavy atom. The molecule has 1 aromatic carbocycles. The summed E-state index contributed by atoms with van der Waals surface area (Å²) in [7, 11) is 0. The summed E-state index contributed by atoms with van der Waals surface area (Å²) in [5.41, 5.74) is 0.444. The van der Waals surface area contributed by atoms with Crippen LogP contribution in [-0.2, 0) is 4.79 Å². The van der Waals surface area contributed by atoms with Crippen LogP contribution in [0.2, 0.25) is 0 Å². The third-order valence-corrected chi connectivity index (χ3v) is 4.73. The number of fused-ring (bicyclic) bond motifs is 1. The van der Waals surface area contributed by atoms with E-state index in [-0.39, 0.29) is 11.7 Å². The van der Waals surface area contributed by atoms with E-state index in [0.29, 0.717) is 18.0 Å². The summed E-state index contributed by atoms with van der Waals surface area (Å²) in [6.07, 6.45) is 4.71. The number of carboxylic acids is 1. The molecule has 3 rings (SSSR count). The summed E-state index contributed by atoms with van der Waals surface area (Å²) in [4.78, 5) is 24.2. The summed E-state index contributed by atoms with van der Waals surface area (Å²) in [5, 5.41) is 20.8. The molecule has 6 heteroatoms. The van der Waals surface area contributed by atoms with E-state index in [2.05, 4.69) is 0 Å². The molecule has 0 amide bonds. The van der Waals surface area contributed by atoms with Gasteiger partial charge in [0, 0.05) is 12.1 Å². The molecule has 6 nitrogen and oxygen atoms in total. The Bertz CT molecular complexity index is 575. The predicted molar refractivity (Wildman–Crippen MR) is 77.4 cm³/mol. The number of carboxylic acid groups (broad SMARTS) is 1. The van der Waals surface area contributed by atoms with Crippen LogP contribution in [0.4, 0.5) is 11.4 Å². The zero-order chi connectivity index (χ0) is 15.0. The fourth-order valence-electron chi connectivity index (χ4n) is 3.86. The topological polar surface area (TPSA) is 83.7 Å². The van der Waals surface area contributed by atoms with Crippen molar-refractivity contribution in [1.82, 2.24) is 0 Å². The number of benzene rings is 1. The van der Waals surface area contributed by atoms with Crippen LogP contribution in [0.1, 0.15) is 32.1 Å². The molecule has 3 atom stereocenters. The van der Waals surface area contributed by atoms with E-state index in [1.54, 1.807) is 23.1 Å². The van der Waals surface area contributed by atoms with Crippen LogP contribution in [0.5, 0.6) is 0 Å². The Hall–Kier alpha value is -2.11. The van der Waals surface area contributed by atoms with E-state index >= 15 is 0 Å². The molecule has 1 saturated heterocycles. The average molecular weight is 290 g/mol. The summed E-state index contributed by atoms with van der Waals surface area (Å²) in [5.74, 6) is -0.554. The van der Waals surface area contributed by atoms with E-state index in [4.69, 9.17) is 0 Å². The molecule has 0 bridgehead atoms. The second-order valence-electron chi connectivity index (χ2n) is 5.85. The molecule has 0 radical (unpaired) electrons. The number of nitro groups is 1. The van der Waals surface area contributed by atoms with Gasteiger partial charge in [-0.05, 0) is 31.2 Å². The molecule has 1 heterocycles. The molecule has 1 aliphatic heterocycles. The van der Waals surface area contributed by atoms with Crippen molar-refractivity contribution >= 4 is 17.3 Å². The number of anilines is 1. The van der Waals surface area contributed by atoms with E-state index in [1.807, 2.05) is 0 Å². The molecule has 3 unspecified atom stereocenters. The van der Waals surface area contributed by atoms with Crippen LogP contribution in [0.15, 0.2) is 24.3 Å². The van der Waals surface area contributed by atoms with Crippen LogP contribution < -0.4 is 4.90 Å². The lowest BCUT2D eigenvalue weighted by molar-refractivity contribution is -0.384. The third-order valence-electron chi connectivity index (χ3n) is 4.73. The number of hydrogen-bond acceptors (Lipinski definition) is 4. The molecule has 2 fully saturated rings. The van der Waals surface area contributed by atoms with Crippen LogP contribution in [0.25, 0.3) is 0 Å². The molecule has 0 spiro atoms. The van der Waals surface area contributed by atoms with Gasteiger partial charge in [0.2, 0.25) is 0 Å². The molecule has 1 saturated carbocycles. The first-order valence-electron chi connectivity index (χ1n) is 7.34. The highest BCUT2D eigenvalue weighted by atomic mass is 16.6. The predicted octanol–water partition coefficient (Wildman–Crippen LogP) is 2.82. The fraction of sp³-hybridized carbons (Fsp3) is 0.533. The lowest BCUT2D eigenvalue weighted by atomic mass is 9.84. The van der Waals surface area contributed by atoms with E-state index < -0.39 is 16.9 Å². The van der Waals surface area contributed by atoms with Crippen molar-refractivity contribution in [2.75, 3.05) is 4.90 Å². The fourth-order valence-corrected chi connectivity index (χ4v) is 3.86. The average Bonchev–Trinajstić information content (AvgIpc) is 2.86. The normalized spacial score (nSPS) is 28.2. The van der Waals surface area contributed by atoms with Crippen molar-refractivity contribution in [3.8, 4) is 0 Å².